The van der Waals surface area contributed by atoms with Crippen LogP contribution in [0.3, 0.4) is 0 Å². The van der Waals surface area contributed by atoms with Crippen molar-refractivity contribution in [3.63, 3.8) is 0 Å². The molecule has 0 aromatic heterocycles. The maximum Gasteiger partial charge on any atom is 0.318 e. The monoisotopic (exact) mass is 419 g/mol. The van der Waals surface area contributed by atoms with E-state index in [9.17, 15) is 19.2 Å². The second-order valence-corrected chi connectivity index (χ2v) is 7.24. The van der Waals surface area contributed by atoms with Crippen molar-refractivity contribution in [2.45, 2.75) is 51.7 Å². The first-order valence-corrected chi connectivity index (χ1v) is 10.0. The molecule has 164 valence electrons. The smallest absolute Gasteiger partial charge is 0.318 e. The number of esters is 1. The average Bonchev–Trinajstić information content (AvgIpc) is 2.72. The van der Waals surface area contributed by atoms with Crippen LogP contribution in [0.4, 0.5) is 4.79 Å². The van der Waals surface area contributed by atoms with Crippen LogP contribution in [0.25, 0.3) is 0 Å². The number of hydrogen-bond acceptors (Lipinski definition) is 6. The Balaban J connectivity index is 2.29. The number of nitrogens with two attached hydrogens (primary N) is 1. The summed E-state index contributed by atoms with van der Waals surface area (Å²) in [5, 5.41) is 1.89. The first-order chi connectivity index (χ1) is 14.3. The highest BCUT2D eigenvalue weighted by atomic mass is 16.5. The Labute approximate surface area is 175 Å². The van der Waals surface area contributed by atoms with Crippen molar-refractivity contribution < 1.29 is 28.7 Å². The van der Waals surface area contributed by atoms with Gasteiger partial charge in [0.15, 0.2) is 6.10 Å². The highest BCUT2D eigenvalue weighted by Crippen LogP contribution is 2.38. The summed E-state index contributed by atoms with van der Waals surface area (Å²) in [6.07, 6.45) is 1.04. The van der Waals surface area contributed by atoms with E-state index in [1.807, 2.05) is 24.4 Å². The van der Waals surface area contributed by atoms with Crippen LogP contribution in [0.5, 0.6) is 5.75 Å². The molecule has 0 spiro atoms. The van der Waals surface area contributed by atoms with Crippen LogP contribution in [0.15, 0.2) is 24.3 Å². The molecular weight excluding hydrogens is 390 g/mol. The van der Waals surface area contributed by atoms with Crippen molar-refractivity contribution in [1.29, 1.82) is 0 Å². The summed E-state index contributed by atoms with van der Waals surface area (Å²) in [6, 6.07) is 5.67. The summed E-state index contributed by atoms with van der Waals surface area (Å²) < 4.78 is 10.5. The Kier molecular flexibility index (Phi) is 8.20. The Bertz CT molecular complexity index is 779. The van der Waals surface area contributed by atoms with E-state index in [1.165, 1.54) is 6.92 Å². The van der Waals surface area contributed by atoms with Gasteiger partial charge in [0.05, 0.1) is 19.1 Å². The summed E-state index contributed by atoms with van der Waals surface area (Å²) in [5.41, 5.74) is 5.73. The lowest BCUT2D eigenvalue weighted by Crippen LogP contribution is -2.48. The molecule has 0 saturated carbocycles. The van der Waals surface area contributed by atoms with E-state index in [-0.39, 0.29) is 12.3 Å². The molecule has 9 heteroatoms. The summed E-state index contributed by atoms with van der Waals surface area (Å²) in [7, 11) is 1.56. The molecule has 3 atom stereocenters. The SMILES string of the molecule is CCCCN1C(=O)CC[C@@H](C(=O)O[C@@H](C)C(=O)NC(N)=O)[C@@H]1c1ccc(OC)cc1. The van der Waals surface area contributed by atoms with Gasteiger partial charge in [-0.05, 0) is 37.5 Å². The normalized spacial score (nSPS) is 19.7. The van der Waals surface area contributed by atoms with Crippen LogP contribution < -0.4 is 15.8 Å². The number of rotatable bonds is 8. The van der Waals surface area contributed by atoms with Gasteiger partial charge in [0, 0.05) is 13.0 Å². The number of methoxy groups -OCH3 is 1. The molecule has 1 saturated heterocycles. The topological polar surface area (TPSA) is 128 Å². The Hall–Kier alpha value is -3.10. The van der Waals surface area contributed by atoms with Gasteiger partial charge in [0.2, 0.25) is 5.91 Å². The fraction of sp³-hybridized carbons (Fsp3) is 0.524. The maximum atomic E-state index is 13.0. The number of urea groups is 1. The molecule has 1 fully saturated rings. The third kappa shape index (κ3) is 5.71. The van der Waals surface area contributed by atoms with E-state index in [2.05, 4.69) is 0 Å². The van der Waals surface area contributed by atoms with Gasteiger partial charge in [-0.25, -0.2) is 4.79 Å². The Morgan fingerprint density at radius 3 is 2.50 bits per heavy atom. The molecule has 1 aliphatic heterocycles. The largest absolute Gasteiger partial charge is 0.497 e. The molecule has 30 heavy (non-hydrogen) atoms. The first-order valence-electron chi connectivity index (χ1n) is 10.0. The number of nitrogens with zero attached hydrogens (tertiary/aromatic N) is 1. The molecule has 0 unspecified atom stereocenters. The Morgan fingerprint density at radius 2 is 1.93 bits per heavy atom. The molecule has 1 heterocycles. The van der Waals surface area contributed by atoms with Crippen LogP contribution >= 0.6 is 0 Å². The number of amides is 4. The molecule has 1 aliphatic rings. The number of carbonyl (C=O) groups excluding carboxylic acids is 4. The van der Waals surface area contributed by atoms with Gasteiger partial charge in [-0.1, -0.05) is 25.5 Å². The molecule has 2 rings (SSSR count). The number of piperidine rings is 1. The van der Waals surface area contributed by atoms with Crippen molar-refractivity contribution in [2.75, 3.05) is 13.7 Å². The second-order valence-electron chi connectivity index (χ2n) is 7.24. The third-order valence-corrected chi connectivity index (χ3v) is 5.13. The van der Waals surface area contributed by atoms with Crippen LogP contribution in [0.1, 0.15) is 51.1 Å². The number of imide groups is 1. The van der Waals surface area contributed by atoms with E-state index in [4.69, 9.17) is 15.2 Å². The molecule has 1 aromatic carbocycles. The lowest BCUT2D eigenvalue weighted by atomic mass is 9.84. The minimum Gasteiger partial charge on any atom is -0.497 e. The molecule has 4 amide bonds. The zero-order valence-corrected chi connectivity index (χ0v) is 17.6. The standard InChI is InChI=1S/C21H29N3O6/c1-4-5-12-24-17(25)11-10-16(18(24)14-6-8-15(29-3)9-7-14)20(27)30-13(2)19(26)23-21(22)28/h6-9,13,16,18H,4-5,10-12H2,1-3H3,(H3,22,23,26,28)/t13-,16+,18-/m0/s1. The number of primary amides is 1. The van der Waals surface area contributed by atoms with Crippen LogP contribution in [-0.2, 0) is 19.1 Å². The summed E-state index contributed by atoms with van der Waals surface area (Å²) in [6.45, 7) is 3.91. The predicted molar refractivity (Wildman–Crippen MR) is 108 cm³/mol. The fourth-order valence-electron chi connectivity index (χ4n) is 3.54. The van der Waals surface area contributed by atoms with Gasteiger partial charge in [-0.3, -0.25) is 19.7 Å². The van der Waals surface area contributed by atoms with E-state index in [0.29, 0.717) is 18.7 Å². The minimum absolute atomic E-state index is 0.0205. The molecule has 0 radical (unpaired) electrons. The van der Waals surface area contributed by atoms with E-state index in [0.717, 1.165) is 18.4 Å². The van der Waals surface area contributed by atoms with Crippen molar-refractivity contribution in [3.8, 4) is 5.75 Å². The summed E-state index contributed by atoms with van der Waals surface area (Å²) in [4.78, 5) is 50.1. The number of likely N-dealkylation sites (tertiary alicyclic amines) is 1. The highest BCUT2D eigenvalue weighted by molar-refractivity contribution is 5.96. The third-order valence-electron chi connectivity index (χ3n) is 5.13. The molecule has 9 nitrogen and oxygen atoms in total. The molecule has 0 bridgehead atoms. The summed E-state index contributed by atoms with van der Waals surface area (Å²) in [5.74, 6) is -1.40. The minimum atomic E-state index is -1.19. The number of hydrogen-bond donors (Lipinski definition) is 2. The maximum absolute atomic E-state index is 13.0. The molecule has 3 N–H and O–H groups in total. The van der Waals surface area contributed by atoms with Crippen LogP contribution in [-0.4, -0.2) is 48.5 Å². The van der Waals surface area contributed by atoms with Crippen molar-refractivity contribution >= 4 is 23.8 Å². The zero-order chi connectivity index (χ0) is 22.3. The number of ether oxygens (including phenoxy) is 2. The second kappa shape index (κ2) is 10.6. The van der Waals surface area contributed by atoms with Gasteiger partial charge < -0.3 is 20.1 Å². The molecular formula is C21H29N3O6. The highest BCUT2D eigenvalue weighted by Gasteiger charge is 2.42. The van der Waals surface area contributed by atoms with Gasteiger partial charge in [0.1, 0.15) is 5.75 Å². The van der Waals surface area contributed by atoms with Gasteiger partial charge in [-0.2, -0.15) is 0 Å². The average molecular weight is 419 g/mol. The van der Waals surface area contributed by atoms with Crippen molar-refractivity contribution in [3.05, 3.63) is 29.8 Å². The number of nitrogens with one attached hydrogen (secondary N) is 1. The molecule has 1 aromatic rings. The quantitative estimate of drug-likeness (QED) is 0.620. The number of carbonyl (C=O) groups is 4. The predicted octanol–water partition coefficient (Wildman–Crippen LogP) is 1.90. The fourth-order valence-corrected chi connectivity index (χ4v) is 3.54. The van der Waals surface area contributed by atoms with Gasteiger partial charge >= 0.3 is 12.0 Å². The Morgan fingerprint density at radius 1 is 1.27 bits per heavy atom. The zero-order valence-electron chi connectivity index (χ0n) is 17.6. The van der Waals surface area contributed by atoms with Crippen molar-refractivity contribution in [1.82, 2.24) is 10.2 Å². The molecule has 0 aliphatic carbocycles. The van der Waals surface area contributed by atoms with Crippen LogP contribution in [0, 0.1) is 5.92 Å². The van der Waals surface area contributed by atoms with Gasteiger partial charge in [0.25, 0.3) is 5.91 Å². The first kappa shape index (κ1) is 23.2. The van der Waals surface area contributed by atoms with Gasteiger partial charge in [-0.15, -0.1) is 0 Å². The van der Waals surface area contributed by atoms with E-state index in [1.54, 1.807) is 24.1 Å². The lowest BCUT2D eigenvalue weighted by molar-refractivity contribution is -0.164. The number of benzene rings is 1. The van der Waals surface area contributed by atoms with E-state index >= 15 is 0 Å². The lowest BCUT2D eigenvalue weighted by Gasteiger charge is -2.40. The van der Waals surface area contributed by atoms with E-state index < -0.39 is 36.0 Å². The summed E-state index contributed by atoms with van der Waals surface area (Å²) >= 11 is 0. The van der Waals surface area contributed by atoms with Crippen molar-refractivity contribution in [2.24, 2.45) is 11.7 Å². The number of unbranched alkanes of at least 4 members (excludes halogenated alkanes) is 1. The van der Waals surface area contributed by atoms with Crippen LogP contribution in [0.2, 0.25) is 0 Å².